The Morgan fingerprint density at radius 2 is 1.64 bits per heavy atom. The number of ether oxygens (including phenoxy) is 2. The van der Waals surface area contributed by atoms with Gasteiger partial charge < -0.3 is 25.2 Å². The van der Waals surface area contributed by atoms with Crippen LogP contribution in [0.15, 0.2) is 85.2 Å². The number of aromatic nitrogens is 1. The number of likely N-dealkylation sites (tertiary alicyclic amines) is 1. The van der Waals surface area contributed by atoms with Gasteiger partial charge in [0.05, 0.1) is 30.2 Å². The quantitative estimate of drug-likeness (QED) is 0.195. The van der Waals surface area contributed by atoms with Crippen LogP contribution in [0.1, 0.15) is 65.5 Å². The molecule has 3 N–H and O–H groups in total. The van der Waals surface area contributed by atoms with E-state index in [1.807, 2.05) is 30.3 Å². The van der Waals surface area contributed by atoms with Crippen LogP contribution < -0.4 is 20.1 Å². The predicted molar refractivity (Wildman–Crippen MR) is 175 cm³/mol. The predicted octanol–water partition coefficient (Wildman–Crippen LogP) is 6.64. The molecule has 4 aromatic rings. The second kappa shape index (κ2) is 13.8. The molecule has 9 heteroatoms. The van der Waals surface area contributed by atoms with Crippen molar-refractivity contribution in [3.8, 4) is 17.2 Å². The third kappa shape index (κ3) is 7.99. The normalized spacial score (nSPS) is 14.0. The highest BCUT2D eigenvalue weighted by atomic mass is 16.5. The topological polar surface area (TPSA) is 113 Å². The van der Waals surface area contributed by atoms with Crippen LogP contribution in [0.25, 0.3) is 0 Å². The van der Waals surface area contributed by atoms with E-state index in [1.54, 1.807) is 55.8 Å². The summed E-state index contributed by atoms with van der Waals surface area (Å²) >= 11 is 0. The lowest BCUT2D eigenvalue weighted by molar-refractivity contribution is 0.0920. The molecule has 1 saturated heterocycles. The Morgan fingerprint density at radius 1 is 0.933 bits per heavy atom. The number of nitrogens with zero attached hydrogens (tertiary/aromatic N) is 2. The van der Waals surface area contributed by atoms with E-state index in [2.05, 4.69) is 41.3 Å². The minimum absolute atomic E-state index is 0.0624. The fraction of sp³-hybridized carbons (Fsp3) is 0.306. The van der Waals surface area contributed by atoms with Gasteiger partial charge in [0, 0.05) is 37.0 Å². The summed E-state index contributed by atoms with van der Waals surface area (Å²) in [6.07, 6.45) is 4.58. The van der Waals surface area contributed by atoms with Crippen molar-refractivity contribution >= 4 is 23.2 Å². The lowest BCUT2D eigenvalue weighted by atomic mass is 9.86. The summed E-state index contributed by atoms with van der Waals surface area (Å²) in [6, 6.07) is 21.5. The molecule has 0 unspecified atom stereocenters. The van der Waals surface area contributed by atoms with Crippen molar-refractivity contribution in [3.63, 3.8) is 0 Å². The maximum absolute atomic E-state index is 13.7. The number of carbonyl (C=O) groups excluding carboxylic acids is 2. The van der Waals surface area contributed by atoms with Crippen molar-refractivity contribution in [3.05, 3.63) is 107 Å². The van der Waals surface area contributed by atoms with E-state index in [-0.39, 0.29) is 23.3 Å². The fourth-order valence-electron chi connectivity index (χ4n) is 5.25. The lowest BCUT2D eigenvalue weighted by Gasteiger charge is -2.33. The van der Waals surface area contributed by atoms with E-state index >= 15 is 0 Å². The number of anilines is 2. The van der Waals surface area contributed by atoms with Crippen LogP contribution in [0, 0.1) is 0 Å². The molecule has 1 fully saturated rings. The molecule has 3 aromatic carbocycles. The van der Waals surface area contributed by atoms with Crippen LogP contribution in [0.3, 0.4) is 0 Å². The molecule has 0 bridgehead atoms. The first-order valence-electron chi connectivity index (χ1n) is 15.1. The molecule has 45 heavy (non-hydrogen) atoms. The monoisotopic (exact) mass is 608 g/mol. The summed E-state index contributed by atoms with van der Waals surface area (Å²) in [5, 5.41) is 16.0. The molecule has 1 aliphatic rings. The first kappa shape index (κ1) is 31.5. The summed E-state index contributed by atoms with van der Waals surface area (Å²) in [7, 11) is 1.57. The number of para-hydroxylation sites is 1. The third-order valence-corrected chi connectivity index (χ3v) is 7.98. The number of amides is 2. The lowest BCUT2D eigenvalue weighted by Crippen LogP contribution is -2.38. The van der Waals surface area contributed by atoms with E-state index in [4.69, 9.17) is 9.47 Å². The Bertz CT molecular complexity index is 1640. The molecule has 5 rings (SSSR count). The van der Waals surface area contributed by atoms with Crippen molar-refractivity contribution < 1.29 is 24.2 Å². The zero-order chi connectivity index (χ0) is 32.0. The number of phenols is 1. The SMILES string of the molecule is COc1ccc(C(=O)Nc2cnccc2NC(=O)c2ccc(C(C)(C)C)cc2OC2CCN(Cc3ccccc3O)CC2)cc1. The van der Waals surface area contributed by atoms with Crippen molar-refractivity contribution in [1.82, 2.24) is 9.88 Å². The highest BCUT2D eigenvalue weighted by Crippen LogP contribution is 2.32. The zero-order valence-corrected chi connectivity index (χ0v) is 26.2. The summed E-state index contributed by atoms with van der Waals surface area (Å²) in [5.41, 5.74) is 3.46. The number of aromatic hydroxyl groups is 1. The van der Waals surface area contributed by atoms with Gasteiger partial charge in [0.15, 0.2) is 0 Å². The van der Waals surface area contributed by atoms with Gasteiger partial charge in [0.25, 0.3) is 11.8 Å². The Hall–Kier alpha value is -4.89. The van der Waals surface area contributed by atoms with Gasteiger partial charge >= 0.3 is 0 Å². The highest BCUT2D eigenvalue weighted by Gasteiger charge is 2.25. The van der Waals surface area contributed by atoms with E-state index < -0.39 is 0 Å². The first-order chi connectivity index (χ1) is 21.6. The minimum atomic E-state index is -0.353. The second-order valence-corrected chi connectivity index (χ2v) is 12.2. The summed E-state index contributed by atoms with van der Waals surface area (Å²) in [5.74, 6) is 0.789. The average molecular weight is 609 g/mol. The number of phenolic OH excluding ortho intramolecular Hbond substituents is 1. The first-order valence-corrected chi connectivity index (χ1v) is 15.1. The Balaban J connectivity index is 1.30. The average Bonchev–Trinajstić information content (AvgIpc) is 3.03. The highest BCUT2D eigenvalue weighted by molar-refractivity contribution is 6.10. The van der Waals surface area contributed by atoms with Crippen LogP contribution in [-0.2, 0) is 12.0 Å². The van der Waals surface area contributed by atoms with Gasteiger partial charge in [0.1, 0.15) is 23.4 Å². The minimum Gasteiger partial charge on any atom is -0.508 e. The number of benzene rings is 3. The number of pyridine rings is 1. The summed E-state index contributed by atoms with van der Waals surface area (Å²) in [4.78, 5) is 33.1. The molecular weight excluding hydrogens is 568 g/mol. The number of hydrogen-bond donors (Lipinski definition) is 3. The van der Waals surface area contributed by atoms with E-state index in [9.17, 15) is 14.7 Å². The molecular formula is C36H40N4O5. The van der Waals surface area contributed by atoms with Crippen molar-refractivity contribution in [2.45, 2.75) is 51.7 Å². The van der Waals surface area contributed by atoms with Crippen LogP contribution in [-0.4, -0.2) is 53.1 Å². The third-order valence-electron chi connectivity index (χ3n) is 7.98. The molecule has 0 saturated carbocycles. The summed E-state index contributed by atoms with van der Waals surface area (Å²) < 4.78 is 11.7. The van der Waals surface area contributed by atoms with Crippen LogP contribution in [0.4, 0.5) is 11.4 Å². The smallest absolute Gasteiger partial charge is 0.259 e. The van der Waals surface area contributed by atoms with Gasteiger partial charge in [-0.05, 0) is 72.4 Å². The number of hydrogen-bond acceptors (Lipinski definition) is 7. The second-order valence-electron chi connectivity index (χ2n) is 12.2. The number of methoxy groups -OCH3 is 1. The van der Waals surface area contributed by atoms with Gasteiger partial charge in [-0.15, -0.1) is 0 Å². The number of nitrogens with one attached hydrogen (secondary N) is 2. The fourth-order valence-corrected chi connectivity index (χ4v) is 5.25. The van der Waals surface area contributed by atoms with Gasteiger partial charge in [0.2, 0.25) is 0 Å². The molecule has 0 aliphatic carbocycles. The van der Waals surface area contributed by atoms with Gasteiger partial charge in [-0.1, -0.05) is 45.0 Å². The van der Waals surface area contributed by atoms with Crippen LogP contribution in [0.5, 0.6) is 17.2 Å². The van der Waals surface area contributed by atoms with Crippen LogP contribution >= 0.6 is 0 Å². The van der Waals surface area contributed by atoms with Gasteiger partial charge in [-0.2, -0.15) is 0 Å². The molecule has 234 valence electrons. The molecule has 1 aliphatic heterocycles. The maximum atomic E-state index is 13.7. The largest absolute Gasteiger partial charge is 0.508 e. The Labute approximate surface area is 264 Å². The van der Waals surface area contributed by atoms with E-state index in [0.29, 0.717) is 46.3 Å². The Kier molecular flexibility index (Phi) is 9.68. The van der Waals surface area contributed by atoms with E-state index in [1.165, 1.54) is 6.20 Å². The van der Waals surface area contributed by atoms with Crippen LogP contribution in [0.2, 0.25) is 0 Å². The molecule has 2 heterocycles. The van der Waals surface area contributed by atoms with Crippen molar-refractivity contribution in [2.75, 3.05) is 30.8 Å². The summed E-state index contributed by atoms with van der Waals surface area (Å²) in [6.45, 7) is 8.67. The maximum Gasteiger partial charge on any atom is 0.259 e. The standard InChI is InChI=1S/C36H40N4O5/c1-36(2,3)26-11-14-29(33(21-26)45-28-16-19-40(20-17-28)23-25-7-5-6-8-32(25)41)35(43)38-30-15-18-37-22-31(30)39-34(42)24-9-12-27(44-4)13-10-24/h5-15,18,21-22,28,41H,16-17,19-20,23H2,1-4H3,(H,39,42)(H,37,38,43). The van der Waals surface area contributed by atoms with Gasteiger partial charge in [-0.3, -0.25) is 19.5 Å². The number of carbonyl (C=O) groups is 2. The number of piperidine rings is 1. The molecule has 0 spiro atoms. The Morgan fingerprint density at radius 3 is 2.33 bits per heavy atom. The molecule has 0 radical (unpaired) electrons. The molecule has 2 amide bonds. The molecule has 0 atom stereocenters. The van der Waals surface area contributed by atoms with E-state index in [0.717, 1.165) is 37.1 Å². The van der Waals surface area contributed by atoms with Crippen molar-refractivity contribution in [2.24, 2.45) is 0 Å². The molecule has 9 nitrogen and oxygen atoms in total. The van der Waals surface area contributed by atoms with Gasteiger partial charge in [-0.25, -0.2) is 0 Å². The number of rotatable bonds is 9. The zero-order valence-electron chi connectivity index (χ0n) is 26.2. The molecule has 1 aromatic heterocycles. The van der Waals surface area contributed by atoms with Crippen molar-refractivity contribution in [1.29, 1.82) is 0 Å².